The van der Waals surface area contributed by atoms with Crippen molar-refractivity contribution in [2.24, 2.45) is 5.92 Å². The number of carbonyl (C=O) groups is 2. The van der Waals surface area contributed by atoms with Gasteiger partial charge >= 0.3 is 0 Å². The first kappa shape index (κ1) is 30.5. The molecule has 0 radical (unpaired) electrons. The molecule has 1 N–H and O–H groups in total. The molecular weight excluding hydrogens is 557 g/mol. The number of carbonyl (C=O) groups excluding carboxylic acids is 2. The number of rotatable bonds is 11. The first-order valence-corrected chi connectivity index (χ1v) is 14.7. The van der Waals surface area contributed by atoms with E-state index in [-0.39, 0.29) is 39.0 Å². The minimum atomic E-state index is -4.23. The van der Waals surface area contributed by atoms with Crippen molar-refractivity contribution in [3.05, 3.63) is 94.0 Å². The van der Waals surface area contributed by atoms with Crippen LogP contribution in [0, 0.1) is 12.8 Å². The zero-order chi connectivity index (χ0) is 28.7. The molecule has 0 fully saturated rings. The molecule has 0 spiro atoms. The second kappa shape index (κ2) is 13.3. The summed E-state index contributed by atoms with van der Waals surface area (Å²) in [5.74, 6) is -0.681. The van der Waals surface area contributed by atoms with Gasteiger partial charge in [-0.25, -0.2) is 8.42 Å². The molecule has 3 rings (SSSR count). The Morgan fingerprint density at radius 2 is 1.56 bits per heavy atom. The monoisotopic (exact) mass is 589 g/mol. The summed E-state index contributed by atoms with van der Waals surface area (Å²) < 4.78 is 28.6. The van der Waals surface area contributed by atoms with Crippen molar-refractivity contribution in [3.8, 4) is 0 Å². The van der Waals surface area contributed by atoms with Gasteiger partial charge in [0.1, 0.15) is 12.6 Å². The molecule has 0 aromatic heterocycles. The maximum atomic E-state index is 13.9. The van der Waals surface area contributed by atoms with Crippen LogP contribution < -0.4 is 9.62 Å². The largest absolute Gasteiger partial charge is 0.354 e. The first-order chi connectivity index (χ1) is 18.4. The van der Waals surface area contributed by atoms with E-state index < -0.39 is 28.5 Å². The molecular formula is C29H33Cl2N3O4S. The van der Waals surface area contributed by atoms with Crippen LogP contribution in [0.3, 0.4) is 0 Å². The quantitative estimate of drug-likeness (QED) is 0.311. The van der Waals surface area contributed by atoms with Crippen LogP contribution in [-0.2, 0) is 26.2 Å². The average molecular weight is 591 g/mol. The molecule has 10 heteroatoms. The SMILES string of the molecule is Cc1ccc(CN(C(=O)CN(c2cc(Cl)ccc2Cl)S(=O)(=O)c2ccccc2)C(C)C(=O)NCC(C)C)cc1. The number of amides is 2. The lowest BCUT2D eigenvalue weighted by Gasteiger charge is -2.32. The van der Waals surface area contributed by atoms with Gasteiger partial charge in [-0.15, -0.1) is 0 Å². The number of halogens is 2. The van der Waals surface area contributed by atoms with Gasteiger partial charge in [-0.2, -0.15) is 0 Å². The van der Waals surface area contributed by atoms with Crippen LogP contribution >= 0.6 is 23.2 Å². The Morgan fingerprint density at radius 3 is 2.18 bits per heavy atom. The van der Waals surface area contributed by atoms with Gasteiger partial charge < -0.3 is 10.2 Å². The highest BCUT2D eigenvalue weighted by Gasteiger charge is 2.33. The summed E-state index contributed by atoms with van der Waals surface area (Å²) in [4.78, 5) is 28.3. The van der Waals surface area contributed by atoms with Crippen molar-refractivity contribution in [1.29, 1.82) is 0 Å². The molecule has 1 atom stereocenters. The van der Waals surface area contributed by atoms with E-state index in [2.05, 4.69) is 5.32 Å². The number of nitrogens with one attached hydrogen (secondary N) is 1. The van der Waals surface area contributed by atoms with Gasteiger partial charge in [-0.1, -0.05) is 85.1 Å². The zero-order valence-corrected chi connectivity index (χ0v) is 24.7. The van der Waals surface area contributed by atoms with E-state index in [0.29, 0.717) is 6.54 Å². The summed E-state index contributed by atoms with van der Waals surface area (Å²) in [5, 5.41) is 3.23. The Kier molecular flexibility index (Phi) is 10.4. The lowest BCUT2D eigenvalue weighted by atomic mass is 10.1. The minimum Gasteiger partial charge on any atom is -0.354 e. The van der Waals surface area contributed by atoms with E-state index in [9.17, 15) is 18.0 Å². The van der Waals surface area contributed by atoms with Crippen molar-refractivity contribution < 1.29 is 18.0 Å². The summed E-state index contributed by atoms with van der Waals surface area (Å²) in [5.41, 5.74) is 1.92. The molecule has 208 valence electrons. The molecule has 0 saturated carbocycles. The molecule has 0 saturated heterocycles. The number of anilines is 1. The van der Waals surface area contributed by atoms with Crippen molar-refractivity contribution >= 4 is 50.7 Å². The summed E-state index contributed by atoms with van der Waals surface area (Å²) >= 11 is 12.6. The second-order valence-electron chi connectivity index (χ2n) is 9.74. The van der Waals surface area contributed by atoms with E-state index in [1.54, 1.807) is 25.1 Å². The Hall–Kier alpha value is -3.07. The number of hydrogen-bond acceptors (Lipinski definition) is 4. The van der Waals surface area contributed by atoms with Crippen LogP contribution in [0.25, 0.3) is 0 Å². The first-order valence-electron chi connectivity index (χ1n) is 12.6. The predicted molar refractivity (Wildman–Crippen MR) is 156 cm³/mol. The lowest BCUT2D eigenvalue weighted by Crippen LogP contribution is -2.51. The van der Waals surface area contributed by atoms with Crippen molar-refractivity contribution in [2.75, 3.05) is 17.4 Å². The van der Waals surface area contributed by atoms with Crippen LogP contribution in [0.4, 0.5) is 5.69 Å². The van der Waals surface area contributed by atoms with Crippen LogP contribution in [-0.4, -0.2) is 44.3 Å². The molecule has 2 amide bonds. The van der Waals surface area contributed by atoms with Crippen LogP contribution in [0.5, 0.6) is 0 Å². The van der Waals surface area contributed by atoms with Gasteiger partial charge in [0.15, 0.2) is 0 Å². The third-order valence-corrected chi connectivity index (χ3v) is 8.44. The van der Waals surface area contributed by atoms with E-state index in [0.717, 1.165) is 15.4 Å². The summed E-state index contributed by atoms with van der Waals surface area (Å²) in [6, 6.07) is 18.9. The van der Waals surface area contributed by atoms with Gasteiger partial charge in [-0.05, 0) is 55.7 Å². The molecule has 7 nitrogen and oxygen atoms in total. The topological polar surface area (TPSA) is 86.8 Å². The fourth-order valence-corrected chi connectivity index (χ4v) is 5.72. The molecule has 0 aliphatic heterocycles. The third-order valence-electron chi connectivity index (χ3n) is 6.11. The van der Waals surface area contributed by atoms with E-state index in [1.165, 1.54) is 35.2 Å². The van der Waals surface area contributed by atoms with Crippen molar-refractivity contribution in [3.63, 3.8) is 0 Å². The van der Waals surface area contributed by atoms with E-state index >= 15 is 0 Å². The molecule has 3 aromatic carbocycles. The molecule has 0 aliphatic carbocycles. The summed E-state index contributed by atoms with van der Waals surface area (Å²) in [6.45, 7) is 7.49. The van der Waals surface area contributed by atoms with Gasteiger partial charge in [-0.3, -0.25) is 13.9 Å². The number of aryl methyl sites for hydroxylation is 1. The molecule has 0 bridgehead atoms. The summed E-state index contributed by atoms with van der Waals surface area (Å²) in [7, 11) is -4.23. The molecule has 0 heterocycles. The number of benzene rings is 3. The van der Waals surface area contributed by atoms with Crippen LogP contribution in [0.15, 0.2) is 77.7 Å². The second-order valence-corrected chi connectivity index (χ2v) is 12.4. The smallest absolute Gasteiger partial charge is 0.264 e. The van der Waals surface area contributed by atoms with Gasteiger partial charge in [0, 0.05) is 18.1 Å². The van der Waals surface area contributed by atoms with Crippen molar-refractivity contribution in [1.82, 2.24) is 10.2 Å². The minimum absolute atomic E-state index is 0.0124. The Balaban J connectivity index is 2.03. The molecule has 1 unspecified atom stereocenters. The normalized spacial score (nSPS) is 12.2. The maximum absolute atomic E-state index is 13.9. The van der Waals surface area contributed by atoms with E-state index in [1.807, 2.05) is 45.0 Å². The Morgan fingerprint density at radius 1 is 0.923 bits per heavy atom. The number of sulfonamides is 1. The maximum Gasteiger partial charge on any atom is 0.264 e. The highest BCUT2D eigenvalue weighted by Crippen LogP contribution is 2.33. The van der Waals surface area contributed by atoms with Crippen LogP contribution in [0.1, 0.15) is 31.9 Å². The summed E-state index contributed by atoms with van der Waals surface area (Å²) in [6.07, 6.45) is 0. The van der Waals surface area contributed by atoms with Crippen molar-refractivity contribution in [2.45, 2.75) is 45.2 Å². The van der Waals surface area contributed by atoms with Gasteiger partial charge in [0.2, 0.25) is 11.8 Å². The molecule has 0 aliphatic rings. The highest BCUT2D eigenvalue weighted by molar-refractivity contribution is 7.92. The van der Waals surface area contributed by atoms with Crippen LogP contribution in [0.2, 0.25) is 10.0 Å². The highest BCUT2D eigenvalue weighted by atomic mass is 35.5. The Labute approximate surface area is 240 Å². The number of nitrogens with zero attached hydrogens (tertiary/aromatic N) is 2. The average Bonchev–Trinajstić information content (AvgIpc) is 2.91. The Bertz CT molecular complexity index is 1400. The lowest BCUT2D eigenvalue weighted by molar-refractivity contribution is -0.139. The molecule has 39 heavy (non-hydrogen) atoms. The predicted octanol–water partition coefficient (Wildman–Crippen LogP) is 5.69. The zero-order valence-electron chi connectivity index (χ0n) is 22.4. The van der Waals surface area contributed by atoms with Gasteiger partial charge in [0.25, 0.3) is 10.0 Å². The van der Waals surface area contributed by atoms with E-state index in [4.69, 9.17) is 23.2 Å². The van der Waals surface area contributed by atoms with Gasteiger partial charge in [0.05, 0.1) is 15.6 Å². The third kappa shape index (κ3) is 7.97. The molecule has 3 aromatic rings. The standard InChI is InChI=1S/C29H33Cl2N3O4S/c1-20(2)17-32-29(36)22(4)33(18-23-12-10-21(3)11-13-23)28(35)19-34(27-16-24(30)14-15-26(27)31)39(37,38)25-8-6-5-7-9-25/h5-16,20,22H,17-19H2,1-4H3,(H,32,36). The fraction of sp³-hybridized carbons (Fsp3) is 0.310. The fourth-order valence-electron chi connectivity index (χ4n) is 3.84. The number of hydrogen-bond donors (Lipinski definition) is 1.